The molecule has 0 fully saturated rings. The maximum Gasteiger partial charge on any atom is 0.294 e. The fourth-order valence-electron chi connectivity index (χ4n) is 9.86. The molecule has 12 aromatic rings. The summed E-state index contributed by atoms with van der Waals surface area (Å²) in [5.74, 6) is 0.118. The van der Waals surface area contributed by atoms with Crippen molar-refractivity contribution in [2.75, 3.05) is 0 Å². The van der Waals surface area contributed by atoms with Crippen LogP contribution >= 0.6 is 11.8 Å². The first-order valence-electron chi connectivity index (χ1n) is 33.7. The van der Waals surface area contributed by atoms with Gasteiger partial charge in [0.1, 0.15) is 11.5 Å². The molecule has 54 heteroatoms. The number of carbonyl (C=O) groups excluding carboxylic acids is 1. The van der Waals surface area contributed by atoms with Crippen LogP contribution < -0.4 is 4.74 Å². The number of ether oxygens (including phenoxy) is 1. The van der Waals surface area contributed by atoms with Gasteiger partial charge in [0.05, 0.1) is 68.5 Å². The molecule has 0 bridgehead atoms. The van der Waals surface area contributed by atoms with Gasteiger partial charge in [-0.05, 0) is 271 Å². The first kappa shape index (κ1) is 104. The van der Waals surface area contributed by atoms with E-state index in [2.05, 4.69) is 0 Å². The Balaban J connectivity index is 0.000000211. The smallest absolute Gasteiger partial charge is 0.294 e. The minimum Gasteiger partial charge on any atom is -0.457 e. The van der Waals surface area contributed by atoms with Crippen molar-refractivity contribution in [3.63, 3.8) is 0 Å². The summed E-state index contributed by atoms with van der Waals surface area (Å²) in [6.45, 7) is 0. The van der Waals surface area contributed by atoms with E-state index in [4.69, 9.17) is 59.4 Å². The molecule has 0 aliphatic rings. The number of hydrogen-bond donors (Lipinski definition) is 12. The van der Waals surface area contributed by atoms with Crippen LogP contribution in [0.5, 0.6) is 11.5 Å². The highest BCUT2D eigenvalue weighted by Crippen LogP contribution is 2.32. The minimum atomic E-state index is -4.44. The third-order valence-corrected chi connectivity index (χ3v) is 29.4. The Kier molecular flexibility index (Phi) is 33.8. The molecular weight excluding hydrogens is 1980 g/mol. The third-order valence-electron chi connectivity index (χ3n) is 16.1. The van der Waals surface area contributed by atoms with Crippen molar-refractivity contribution in [3.05, 3.63) is 313 Å². The van der Waals surface area contributed by atoms with Crippen molar-refractivity contribution >= 4 is 149 Å². The van der Waals surface area contributed by atoms with Crippen LogP contribution in [-0.2, 0) is 138 Å². The molecule has 0 atom stereocenters. The summed E-state index contributed by atoms with van der Waals surface area (Å²) in [5.41, 5.74) is 3.18. The van der Waals surface area contributed by atoms with E-state index in [-0.39, 0.29) is 69.9 Å². The van der Waals surface area contributed by atoms with Crippen LogP contribution in [0.15, 0.2) is 370 Å². The fraction of sp³-hybridized carbons (Fsp3) is 0.0135. The largest absolute Gasteiger partial charge is 0.457 e. The number of carbonyl (C=O) groups is 1. The summed E-state index contributed by atoms with van der Waals surface area (Å²) < 4.78 is 398. The summed E-state index contributed by atoms with van der Waals surface area (Å²) in [5, 5.41) is 0. The quantitative estimate of drug-likeness (QED) is 0.0209. The van der Waals surface area contributed by atoms with Gasteiger partial charge in [0.25, 0.3) is 121 Å². The van der Waals surface area contributed by atoms with Gasteiger partial charge in [-0.2, -0.15) is 101 Å². The van der Waals surface area contributed by atoms with Crippen LogP contribution in [0.4, 0.5) is 0 Å². The van der Waals surface area contributed by atoms with E-state index in [1.807, 2.05) is 0 Å². The molecule has 0 aromatic heterocycles. The molecule has 0 saturated heterocycles. The fourth-order valence-corrected chi connectivity index (χ4v) is 17.7. The highest BCUT2D eigenvalue weighted by molar-refractivity contribution is 7.99. The highest BCUT2D eigenvalue weighted by atomic mass is 32.3. The zero-order chi connectivity index (χ0) is 96.0. The van der Waals surface area contributed by atoms with Crippen molar-refractivity contribution in [2.24, 2.45) is 0 Å². The van der Waals surface area contributed by atoms with Gasteiger partial charge in [-0.25, -0.2) is 8.42 Å². The van der Waals surface area contributed by atoms with Crippen LogP contribution in [0, 0.1) is 0 Å². The average Bonchev–Trinajstić information content (AvgIpc) is 0.787. The van der Waals surface area contributed by atoms with Gasteiger partial charge in [-0.1, -0.05) is 60.3 Å². The Hall–Kier alpha value is -10.7. The molecular formula is C74H62O40S14. The Morgan fingerprint density at radius 1 is 0.195 bits per heavy atom. The highest BCUT2D eigenvalue weighted by Gasteiger charge is 2.23. The predicted molar refractivity (Wildman–Crippen MR) is 450 cm³/mol. The summed E-state index contributed by atoms with van der Waals surface area (Å²) in [4.78, 5) is 9.71. The molecule has 128 heavy (non-hydrogen) atoms. The van der Waals surface area contributed by atoms with Crippen molar-refractivity contribution in [2.45, 2.75) is 84.7 Å². The van der Waals surface area contributed by atoms with Crippen LogP contribution in [-0.4, -0.2) is 170 Å². The molecule has 40 nitrogen and oxygen atoms in total. The molecule has 12 rings (SSSR count). The summed E-state index contributed by atoms with van der Waals surface area (Å²) >= 11 is 1.27. The Morgan fingerprint density at radius 3 is 0.531 bits per heavy atom. The molecule has 682 valence electrons. The second-order valence-electron chi connectivity index (χ2n) is 25.1. The lowest BCUT2D eigenvalue weighted by Crippen LogP contribution is -2.04. The van der Waals surface area contributed by atoms with Gasteiger partial charge >= 0.3 is 0 Å². The SMILES string of the molecule is O=C(c1ccc(S(=O)(=O)O)cc1)c1ccc(S(=O)(=O)O)cc1.O=S(=O)(O)c1ccc(-c2ccc(S(=O)(=O)O)cc2)cc1.O=S(=O)(O)c1ccc(Cc2ccc(S(=O)(=O)O)cc2)cc1.O=S(=O)(O)c1ccc(Oc2ccc(S(=O)(=O)O)cc2)cc1.O=S(=O)(O)c1ccc(S(=O)(=O)c2ccc(S(=O)(=O)O)cc2)cc1.O=S(=O)(O)c1ccc(Sc2ccc(S(=O)(=O)O)cc2)cc1. The zero-order valence-electron chi connectivity index (χ0n) is 63.4. The first-order chi connectivity index (χ1) is 58.7. The molecule has 0 saturated carbocycles. The number of sulfone groups is 1. The molecule has 0 heterocycles. The van der Waals surface area contributed by atoms with Crippen LogP contribution in [0.25, 0.3) is 11.1 Å². The van der Waals surface area contributed by atoms with E-state index in [1.165, 1.54) is 182 Å². The topological polar surface area (TPSA) is 713 Å². The lowest BCUT2D eigenvalue weighted by molar-refractivity contribution is 0.103. The number of benzene rings is 12. The molecule has 12 N–H and O–H groups in total. The Bertz CT molecular complexity index is 6860. The molecule has 0 amide bonds. The maximum atomic E-state index is 12.3. The van der Waals surface area contributed by atoms with Crippen molar-refractivity contribution in [1.29, 1.82) is 0 Å². The first-order valence-corrected chi connectivity index (χ1v) is 53.3. The molecule has 0 radical (unpaired) electrons. The molecule has 0 unspecified atom stereocenters. The normalized spacial score (nSPS) is 12.3. The van der Waals surface area contributed by atoms with Crippen molar-refractivity contribution in [3.8, 4) is 22.6 Å². The number of hydrogen-bond acceptors (Lipinski definition) is 29. The van der Waals surface area contributed by atoms with E-state index in [0.29, 0.717) is 38.8 Å². The van der Waals surface area contributed by atoms with Crippen LogP contribution in [0.2, 0.25) is 0 Å². The maximum absolute atomic E-state index is 12.3. The second-order valence-corrected chi connectivity index (χ2v) is 45.3. The zero-order valence-corrected chi connectivity index (χ0v) is 74.9. The number of ketones is 1. The predicted octanol–water partition coefficient (Wildman–Crippen LogP) is 10.3. The van der Waals surface area contributed by atoms with Gasteiger partial charge in [0, 0.05) is 20.9 Å². The second kappa shape index (κ2) is 41.4. The van der Waals surface area contributed by atoms with Gasteiger partial charge in [0.15, 0.2) is 5.78 Å². The number of rotatable bonds is 23. The third kappa shape index (κ3) is 31.9. The standard InChI is InChI=1S/C13H10O7S2.C13H12O6S2.C12H10O8S3.C12H10O7S2.C12H10O6S3.C12H10O6S2/c14-13(9-1-5-11(6-2-9)21(15,16)17)10-3-7-12(8-4-10)22(18,19)20;14-20(15,16)12-5-1-10(2-6-12)9-11-3-7-13(8-4-11)21(17,18)19;13-21(14,9-1-5-11(6-2-9)22(15,16)17)10-3-7-12(8-4-10)23(18,19)20;2*13-20(14,15)11-5-1-9(2-6-11)19-10-3-7-12(8-4-10)21(16,17)18;13-19(14,15)11-5-1-9(2-6-11)10-3-7-12(8-4-10)20(16,17)18/h1-8H,(H,15,16,17)(H,18,19,20);1-8H,9H2,(H,14,15,16)(H,17,18,19);1-8H,(H,15,16,17)(H,18,19,20);2*1-8H,(H,13,14,15)(H,16,17,18);1-8H,(H,13,14,15)(H,16,17,18). The van der Waals surface area contributed by atoms with Crippen molar-refractivity contribution in [1.82, 2.24) is 0 Å². The lowest BCUT2D eigenvalue weighted by atomic mass is 10.0. The summed E-state index contributed by atoms with van der Waals surface area (Å²) in [6, 6.07) is 60.3. The van der Waals surface area contributed by atoms with E-state index in [1.54, 1.807) is 24.3 Å². The Labute approximate surface area is 736 Å². The van der Waals surface area contributed by atoms with Gasteiger partial charge in [0.2, 0.25) is 9.84 Å². The lowest BCUT2D eigenvalue weighted by Gasteiger charge is -2.06. The van der Waals surface area contributed by atoms with E-state index in [9.17, 15) is 114 Å². The van der Waals surface area contributed by atoms with Gasteiger partial charge in [-0.3, -0.25) is 59.4 Å². The molecule has 0 aliphatic heterocycles. The minimum absolute atomic E-state index is 0.159. The van der Waals surface area contributed by atoms with E-state index >= 15 is 0 Å². The molecule has 12 aromatic carbocycles. The monoisotopic (exact) mass is 2040 g/mol. The van der Waals surface area contributed by atoms with Crippen LogP contribution in [0.1, 0.15) is 27.0 Å². The van der Waals surface area contributed by atoms with E-state index < -0.39 is 147 Å². The molecule has 0 spiro atoms. The summed E-state index contributed by atoms with van der Waals surface area (Å²) in [7, 11) is -55.4. The van der Waals surface area contributed by atoms with Crippen LogP contribution in [0.3, 0.4) is 0 Å². The summed E-state index contributed by atoms with van der Waals surface area (Å²) in [6.07, 6.45) is 0.456. The average molecular weight is 2040 g/mol. The van der Waals surface area contributed by atoms with Gasteiger partial charge in [-0.15, -0.1) is 0 Å². The van der Waals surface area contributed by atoms with Crippen molar-refractivity contribution < 1.29 is 174 Å². The Morgan fingerprint density at radius 2 is 0.344 bits per heavy atom. The van der Waals surface area contributed by atoms with E-state index in [0.717, 1.165) is 108 Å². The van der Waals surface area contributed by atoms with Gasteiger partial charge < -0.3 is 4.74 Å². The molecule has 0 aliphatic carbocycles.